The van der Waals surface area contributed by atoms with Gasteiger partial charge in [0.25, 0.3) is 0 Å². The fraction of sp³-hybridized carbons (Fsp3) is 0.750. The van der Waals surface area contributed by atoms with Crippen LogP contribution in [0.1, 0.15) is 42.0 Å². The van der Waals surface area contributed by atoms with Gasteiger partial charge >= 0.3 is 0 Å². The van der Waals surface area contributed by atoms with Gasteiger partial charge in [-0.05, 0) is 37.9 Å². The van der Waals surface area contributed by atoms with E-state index in [4.69, 9.17) is 5.73 Å². The third kappa shape index (κ3) is 2.93. The summed E-state index contributed by atoms with van der Waals surface area (Å²) in [5, 5.41) is 0. The standard InChI is InChI=1S/C16H27N3S/c1-2-14-6-7-16(20-14)15(11-17)19-10-9-18-8-4-3-5-13(18)12-19/h6-7,13,15H,2-5,8-12,17H2,1H3. The summed E-state index contributed by atoms with van der Waals surface area (Å²) in [5.74, 6) is 0. The maximum absolute atomic E-state index is 6.11. The van der Waals surface area contributed by atoms with Crippen molar-refractivity contribution in [1.29, 1.82) is 0 Å². The Balaban J connectivity index is 1.69. The topological polar surface area (TPSA) is 32.5 Å². The van der Waals surface area contributed by atoms with Gasteiger partial charge in [0.15, 0.2) is 0 Å². The summed E-state index contributed by atoms with van der Waals surface area (Å²) in [7, 11) is 0. The Labute approximate surface area is 126 Å². The van der Waals surface area contributed by atoms with Gasteiger partial charge in [-0.1, -0.05) is 13.3 Å². The van der Waals surface area contributed by atoms with Crippen LogP contribution >= 0.6 is 11.3 Å². The molecule has 0 aromatic carbocycles. The Morgan fingerprint density at radius 3 is 2.95 bits per heavy atom. The van der Waals surface area contributed by atoms with Crippen LogP contribution in [0.4, 0.5) is 0 Å². The van der Waals surface area contributed by atoms with E-state index in [1.807, 2.05) is 11.3 Å². The van der Waals surface area contributed by atoms with Crippen molar-refractivity contribution < 1.29 is 0 Å². The first kappa shape index (κ1) is 14.5. The number of thiophene rings is 1. The quantitative estimate of drug-likeness (QED) is 0.925. The van der Waals surface area contributed by atoms with Crippen LogP contribution in [-0.4, -0.2) is 48.6 Å². The molecule has 0 saturated carbocycles. The van der Waals surface area contributed by atoms with Crippen LogP contribution < -0.4 is 5.73 Å². The Bertz CT molecular complexity index is 431. The van der Waals surface area contributed by atoms with Crippen LogP contribution in [0.3, 0.4) is 0 Å². The molecule has 3 heterocycles. The molecule has 0 aliphatic carbocycles. The molecule has 2 saturated heterocycles. The van der Waals surface area contributed by atoms with Gasteiger partial charge in [-0.3, -0.25) is 9.80 Å². The van der Waals surface area contributed by atoms with E-state index in [1.165, 1.54) is 55.2 Å². The lowest BCUT2D eigenvalue weighted by Gasteiger charge is -2.46. The first-order valence-electron chi connectivity index (χ1n) is 8.08. The minimum absolute atomic E-state index is 0.435. The van der Waals surface area contributed by atoms with Gasteiger partial charge in [0.05, 0.1) is 6.04 Å². The van der Waals surface area contributed by atoms with Crippen LogP contribution in [-0.2, 0) is 6.42 Å². The highest BCUT2D eigenvalue weighted by Crippen LogP contribution is 2.31. The van der Waals surface area contributed by atoms with Crippen LogP contribution in [0.15, 0.2) is 12.1 Å². The van der Waals surface area contributed by atoms with Crippen molar-refractivity contribution in [2.75, 3.05) is 32.7 Å². The molecule has 0 spiro atoms. The molecule has 0 bridgehead atoms. The van der Waals surface area contributed by atoms with Gasteiger partial charge in [0.2, 0.25) is 0 Å². The van der Waals surface area contributed by atoms with E-state index in [0.717, 1.165) is 19.0 Å². The number of aryl methyl sites for hydroxylation is 1. The van der Waals surface area contributed by atoms with Crippen LogP contribution in [0.2, 0.25) is 0 Å². The highest BCUT2D eigenvalue weighted by molar-refractivity contribution is 7.12. The SMILES string of the molecule is CCc1ccc(C(CN)N2CCN3CCCCC3C2)s1. The molecule has 3 nitrogen and oxygen atoms in total. The molecule has 0 radical (unpaired) electrons. The largest absolute Gasteiger partial charge is 0.329 e. The first-order chi connectivity index (χ1) is 9.81. The second-order valence-electron chi connectivity index (χ2n) is 6.09. The van der Waals surface area contributed by atoms with Crippen molar-refractivity contribution in [3.63, 3.8) is 0 Å². The summed E-state index contributed by atoms with van der Waals surface area (Å²) >= 11 is 1.95. The molecule has 1 aromatic heterocycles. The minimum atomic E-state index is 0.435. The lowest BCUT2D eigenvalue weighted by Crippen LogP contribution is -2.56. The average Bonchev–Trinajstić information content (AvgIpc) is 2.97. The van der Waals surface area contributed by atoms with E-state index in [0.29, 0.717) is 6.04 Å². The minimum Gasteiger partial charge on any atom is -0.329 e. The van der Waals surface area contributed by atoms with Crippen molar-refractivity contribution in [3.05, 3.63) is 21.9 Å². The molecule has 4 heteroatoms. The fourth-order valence-corrected chi connectivity index (χ4v) is 4.77. The molecular weight excluding hydrogens is 266 g/mol. The smallest absolute Gasteiger partial charge is 0.0565 e. The highest BCUT2D eigenvalue weighted by atomic mass is 32.1. The Morgan fingerprint density at radius 1 is 1.30 bits per heavy atom. The summed E-state index contributed by atoms with van der Waals surface area (Å²) in [5.41, 5.74) is 6.11. The molecule has 2 atom stereocenters. The van der Waals surface area contributed by atoms with E-state index in [-0.39, 0.29) is 0 Å². The van der Waals surface area contributed by atoms with Gasteiger partial charge in [-0.25, -0.2) is 0 Å². The number of piperazine rings is 1. The second kappa shape index (κ2) is 6.56. The summed E-state index contributed by atoms with van der Waals surface area (Å²) in [6.07, 6.45) is 5.31. The summed E-state index contributed by atoms with van der Waals surface area (Å²) in [6, 6.07) is 5.79. The molecule has 2 aliphatic heterocycles. The van der Waals surface area contributed by atoms with Gasteiger partial charge in [0, 0.05) is 42.0 Å². The summed E-state index contributed by atoms with van der Waals surface area (Å²) in [6.45, 7) is 7.90. The van der Waals surface area contributed by atoms with Crippen molar-refractivity contribution in [2.24, 2.45) is 5.73 Å². The van der Waals surface area contributed by atoms with Crippen LogP contribution in [0.5, 0.6) is 0 Å². The number of nitrogens with zero attached hydrogens (tertiary/aromatic N) is 2. The predicted octanol–water partition coefficient (Wildman–Crippen LogP) is 2.48. The predicted molar refractivity (Wildman–Crippen MR) is 86.3 cm³/mol. The van der Waals surface area contributed by atoms with Gasteiger partial charge in [-0.15, -0.1) is 11.3 Å². The van der Waals surface area contributed by atoms with Crippen molar-refractivity contribution in [3.8, 4) is 0 Å². The number of piperidine rings is 1. The van der Waals surface area contributed by atoms with Crippen molar-refractivity contribution in [2.45, 2.75) is 44.7 Å². The first-order valence-corrected chi connectivity index (χ1v) is 8.90. The third-order valence-electron chi connectivity index (χ3n) is 4.89. The molecule has 20 heavy (non-hydrogen) atoms. The summed E-state index contributed by atoms with van der Waals surface area (Å²) in [4.78, 5) is 8.28. The van der Waals surface area contributed by atoms with Gasteiger partial charge in [0.1, 0.15) is 0 Å². The molecule has 112 valence electrons. The van der Waals surface area contributed by atoms with Crippen molar-refractivity contribution >= 4 is 11.3 Å². The van der Waals surface area contributed by atoms with Gasteiger partial charge in [-0.2, -0.15) is 0 Å². The van der Waals surface area contributed by atoms with E-state index in [2.05, 4.69) is 28.9 Å². The lowest BCUT2D eigenvalue weighted by molar-refractivity contribution is 0.0293. The molecule has 2 N–H and O–H groups in total. The highest BCUT2D eigenvalue weighted by Gasteiger charge is 2.32. The van der Waals surface area contributed by atoms with Crippen LogP contribution in [0, 0.1) is 0 Å². The lowest BCUT2D eigenvalue weighted by atomic mass is 9.98. The summed E-state index contributed by atoms with van der Waals surface area (Å²) < 4.78 is 0. The zero-order valence-electron chi connectivity index (χ0n) is 12.6. The van der Waals surface area contributed by atoms with E-state index < -0.39 is 0 Å². The molecule has 2 fully saturated rings. The fourth-order valence-electron chi connectivity index (χ4n) is 3.67. The Morgan fingerprint density at radius 2 is 2.20 bits per heavy atom. The maximum Gasteiger partial charge on any atom is 0.0565 e. The Hall–Kier alpha value is -0.420. The number of rotatable bonds is 4. The normalized spacial score (nSPS) is 26.4. The second-order valence-corrected chi connectivity index (χ2v) is 7.29. The zero-order chi connectivity index (χ0) is 13.9. The number of nitrogens with two attached hydrogens (primary N) is 1. The molecule has 0 amide bonds. The molecule has 1 aromatic rings. The molecular formula is C16H27N3S. The van der Waals surface area contributed by atoms with Crippen molar-refractivity contribution in [1.82, 2.24) is 9.80 Å². The van der Waals surface area contributed by atoms with E-state index >= 15 is 0 Å². The van der Waals surface area contributed by atoms with Crippen LogP contribution in [0.25, 0.3) is 0 Å². The van der Waals surface area contributed by atoms with Gasteiger partial charge < -0.3 is 5.73 Å². The maximum atomic E-state index is 6.11. The van der Waals surface area contributed by atoms with E-state index in [1.54, 1.807) is 0 Å². The van der Waals surface area contributed by atoms with E-state index in [9.17, 15) is 0 Å². The third-order valence-corrected chi connectivity index (χ3v) is 6.22. The number of hydrogen-bond donors (Lipinski definition) is 1. The molecule has 3 rings (SSSR count). The Kier molecular flexibility index (Phi) is 4.76. The molecule has 2 aliphatic rings. The number of hydrogen-bond acceptors (Lipinski definition) is 4. The number of fused-ring (bicyclic) bond motifs is 1. The average molecular weight is 293 g/mol. The monoisotopic (exact) mass is 293 g/mol. The zero-order valence-corrected chi connectivity index (χ0v) is 13.4. The molecule has 2 unspecified atom stereocenters.